The van der Waals surface area contributed by atoms with E-state index in [-0.39, 0.29) is 18.1 Å². The predicted octanol–water partition coefficient (Wildman–Crippen LogP) is 4.84. The molecule has 2 saturated carbocycles. The van der Waals surface area contributed by atoms with Crippen molar-refractivity contribution in [1.29, 1.82) is 0 Å². The SMILES string of the molecule is CCCCC=C1C[C@H]2C[C@@H](O)[C@H](C=C[C@@H](O)CCCCC)[C@H]2C1.CNC. The molecule has 0 aromatic heterocycles. The predicted molar refractivity (Wildman–Crippen MR) is 112 cm³/mol. The van der Waals surface area contributed by atoms with E-state index >= 15 is 0 Å². The van der Waals surface area contributed by atoms with Gasteiger partial charge >= 0.3 is 0 Å². The molecule has 0 radical (unpaired) electrons. The molecule has 0 spiro atoms. The first-order chi connectivity index (χ1) is 12.6. The van der Waals surface area contributed by atoms with Gasteiger partial charge in [0.25, 0.3) is 0 Å². The summed E-state index contributed by atoms with van der Waals surface area (Å²) in [4.78, 5) is 0. The molecule has 0 aliphatic heterocycles. The highest BCUT2D eigenvalue weighted by atomic mass is 16.3. The smallest absolute Gasteiger partial charge is 0.0721 e. The van der Waals surface area contributed by atoms with E-state index in [2.05, 4.69) is 31.3 Å². The number of allylic oxidation sites excluding steroid dienone is 2. The van der Waals surface area contributed by atoms with Crippen LogP contribution in [0, 0.1) is 17.8 Å². The monoisotopic (exact) mass is 365 g/mol. The van der Waals surface area contributed by atoms with Crippen LogP contribution in [0.1, 0.15) is 78.1 Å². The van der Waals surface area contributed by atoms with Crippen LogP contribution in [-0.2, 0) is 0 Å². The number of aliphatic hydroxyl groups excluding tert-OH is 2. The number of rotatable bonds is 9. The van der Waals surface area contributed by atoms with E-state index in [9.17, 15) is 10.2 Å². The molecule has 3 nitrogen and oxygen atoms in total. The van der Waals surface area contributed by atoms with Crippen molar-refractivity contribution in [3.63, 3.8) is 0 Å². The normalized spacial score (nSPS) is 30.5. The Balaban J connectivity index is 0.00000105. The lowest BCUT2D eigenvalue weighted by Gasteiger charge is -2.17. The highest BCUT2D eigenvalue weighted by Gasteiger charge is 2.44. The lowest BCUT2D eigenvalue weighted by Crippen LogP contribution is -2.17. The van der Waals surface area contributed by atoms with Gasteiger partial charge in [0.2, 0.25) is 0 Å². The van der Waals surface area contributed by atoms with Gasteiger partial charge in [0, 0.05) is 5.92 Å². The van der Waals surface area contributed by atoms with Gasteiger partial charge in [-0.3, -0.25) is 0 Å². The number of fused-ring (bicyclic) bond motifs is 1. The summed E-state index contributed by atoms with van der Waals surface area (Å²) in [6.45, 7) is 4.42. The van der Waals surface area contributed by atoms with Gasteiger partial charge < -0.3 is 15.5 Å². The molecular weight excluding hydrogens is 322 g/mol. The van der Waals surface area contributed by atoms with Crippen LogP contribution in [0.25, 0.3) is 0 Å². The van der Waals surface area contributed by atoms with Crippen LogP contribution < -0.4 is 5.32 Å². The second-order valence-electron chi connectivity index (χ2n) is 8.17. The molecule has 5 atom stereocenters. The van der Waals surface area contributed by atoms with Crippen molar-refractivity contribution in [3.05, 3.63) is 23.8 Å². The fraction of sp³-hybridized carbons (Fsp3) is 0.826. The minimum atomic E-state index is -0.339. The maximum absolute atomic E-state index is 10.4. The van der Waals surface area contributed by atoms with Crippen molar-refractivity contribution in [2.24, 2.45) is 17.8 Å². The largest absolute Gasteiger partial charge is 0.392 e. The molecule has 0 amide bonds. The van der Waals surface area contributed by atoms with E-state index < -0.39 is 0 Å². The Morgan fingerprint density at radius 1 is 1.12 bits per heavy atom. The first kappa shape index (κ1) is 23.4. The van der Waals surface area contributed by atoms with Gasteiger partial charge in [0.1, 0.15) is 0 Å². The zero-order valence-corrected chi connectivity index (χ0v) is 17.6. The number of unbranched alkanes of at least 4 members (excludes halogenated alkanes) is 4. The summed E-state index contributed by atoms with van der Waals surface area (Å²) >= 11 is 0. The summed E-state index contributed by atoms with van der Waals surface area (Å²) < 4.78 is 0. The van der Waals surface area contributed by atoms with Crippen molar-refractivity contribution in [2.45, 2.75) is 90.3 Å². The third-order valence-corrected chi connectivity index (χ3v) is 5.76. The number of hydrogen-bond donors (Lipinski definition) is 3. The second-order valence-corrected chi connectivity index (χ2v) is 8.17. The Kier molecular flexibility index (Phi) is 12.2. The van der Waals surface area contributed by atoms with Crippen LogP contribution in [0.3, 0.4) is 0 Å². The number of hydrogen-bond acceptors (Lipinski definition) is 3. The molecule has 0 heterocycles. The summed E-state index contributed by atoms with van der Waals surface area (Å²) in [6.07, 6.45) is 17.3. The molecule has 2 aliphatic rings. The Hall–Kier alpha value is -0.640. The van der Waals surface area contributed by atoms with Crippen molar-refractivity contribution >= 4 is 0 Å². The topological polar surface area (TPSA) is 52.5 Å². The molecule has 152 valence electrons. The van der Waals surface area contributed by atoms with Gasteiger partial charge in [0.05, 0.1) is 12.2 Å². The van der Waals surface area contributed by atoms with Crippen LogP contribution in [0.5, 0.6) is 0 Å². The molecule has 0 saturated heterocycles. The minimum absolute atomic E-state index is 0.207. The lowest BCUT2D eigenvalue weighted by molar-refractivity contribution is 0.139. The molecular formula is C23H43NO2. The Morgan fingerprint density at radius 3 is 2.46 bits per heavy atom. The lowest BCUT2D eigenvalue weighted by atomic mass is 9.90. The molecule has 0 unspecified atom stereocenters. The summed E-state index contributed by atoms with van der Waals surface area (Å²) in [6, 6.07) is 0. The van der Waals surface area contributed by atoms with Crippen LogP contribution >= 0.6 is 0 Å². The average Bonchev–Trinajstić information content (AvgIpc) is 3.11. The van der Waals surface area contributed by atoms with Crippen molar-refractivity contribution in [3.8, 4) is 0 Å². The van der Waals surface area contributed by atoms with Gasteiger partial charge in [0.15, 0.2) is 0 Å². The first-order valence-corrected chi connectivity index (χ1v) is 10.9. The molecule has 2 rings (SSSR count). The molecule has 3 N–H and O–H groups in total. The van der Waals surface area contributed by atoms with Crippen LogP contribution in [0.4, 0.5) is 0 Å². The number of aliphatic hydroxyl groups is 2. The quantitative estimate of drug-likeness (QED) is 0.405. The second kappa shape index (κ2) is 13.5. The average molecular weight is 366 g/mol. The van der Waals surface area contributed by atoms with E-state index in [0.29, 0.717) is 11.8 Å². The van der Waals surface area contributed by atoms with Crippen LogP contribution in [0.2, 0.25) is 0 Å². The molecule has 0 aromatic carbocycles. The summed E-state index contributed by atoms with van der Waals surface area (Å²) in [5.74, 6) is 1.50. The molecule has 0 bridgehead atoms. The molecule has 2 aliphatic carbocycles. The fourth-order valence-electron chi connectivity index (χ4n) is 4.41. The van der Waals surface area contributed by atoms with Crippen LogP contribution in [-0.4, -0.2) is 36.5 Å². The highest BCUT2D eigenvalue weighted by molar-refractivity contribution is 5.17. The van der Waals surface area contributed by atoms with Gasteiger partial charge in [-0.05, 0) is 58.0 Å². The fourth-order valence-corrected chi connectivity index (χ4v) is 4.41. The maximum atomic E-state index is 10.4. The van der Waals surface area contributed by atoms with E-state index in [1.54, 1.807) is 5.57 Å². The maximum Gasteiger partial charge on any atom is 0.0721 e. The number of nitrogens with one attached hydrogen (secondary N) is 1. The van der Waals surface area contributed by atoms with Gasteiger partial charge in [-0.2, -0.15) is 0 Å². The van der Waals surface area contributed by atoms with Crippen LogP contribution in [0.15, 0.2) is 23.8 Å². The zero-order chi connectivity index (χ0) is 19.4. The summed E-state index contributed by atoms with van der Waals surface area (Å²) in [5, 5.41) is 23.2. The Morgan fingerprint density at radius 2 is 1.81 bits per heavy atom. The third-order valence-electron chi connectivity index (χ3n) is 5.76. The molecule has 26 heavy (non-hydrogen) atoms. The van der Waals surface area contributed by atoms with Crippen molar-refractivity contribution in [1.82, 2.24) is 5.32 Å². The standard InChI is InChI=1S/C21H36O2.C2H7N/c1-3-5-7-9-16-13-17-15-21(23)19(20(17)14-16)12-11-18(22)10-8-6-4-2;1-3-2/h9,11-12,17-23H,3-8,10,13-15H2,1-2H3;3H,1-2H3/t17-,18-,19+,20-,21+;/m0./s1. The van der Waals surface area contributed by atoms with E-state index in [4.69, 9.17) is 0 Å². The van der Waals surface area contributed by atoms with E-state index in [1.165, 1.54) is 38.5 Å². The van der Waals surface area contributed by atoms with Crippen molar-refractivity contribution in [2.75, 3.05) is 14.1 Å². The zero-order valence-electron chi connectivity index (χ0n) is 17.6. The Labute approximate surface area is 162 Å². The Bertz CT molecular complexity index is 418. The van der Waals surface area contributed by atoms with Gasteiger partial charge in [-0.25, -0.2) is 0 Å². The first-order valence-electron chi connectivity index (χ1n) is 10.9. The summed E-state index contributed by atoms with van der Waals surface area (Å²) in [5.41, 5.74) is 1.61. The third kappa shape index (κ3) is 7.94. The highest BCUT2D eigenvalue weighted by Crippen LogP contribution is 2.50. The van der Waals surface area contributed by atoms with Crippen molar-refractivity contribution < 1.29 is 10.2 Å². The molecule has 2 fully saturated rings. The van der Waals surface area contributed by atoms with E-state index in [0.717, 1.165) is 25.7 Å². The van der Waals surface area contributed by atoms with Gasteiger partial charge in [-0.1, -0.05) is 69.8 Å². The molecule has 3 heteroatoms. The summed E-state index contributed by atoms with van der Waals surface area (Å²) in [7, 11) is 3.75. The van der Waals surface area contributed by atoms with E-state index in [1.807, 2.05) is 20.2 Å². The minimum Gasteiger partial charge on any atom is -0.392 e. The van der Waals surface area contributed by atoms with Gasteiger partial charge in [-0.15, -0.1) is 0 Å². The molecule has 0 aromatic rings.